The Balaban J connectivity index is 1.63. The Labute approximate surface area is 180 Å². The molecule has 1 heterocycles. The number of halogens is 1. The number of rotatable bonds is 9. The largest absolute Gasteiger partial charge is 0.490 e. The first-order valence-corrected chi connectivity index (χ1v) is 10.7. The number of nitrogens with zero attached hydrogens (tertiary/aromatic N) is 1. The number of nitrogens with one attached hydrogen (secondary N) is 1. The van der Waals surface area contributed by atoms with Gasteiger partial charge >= 0.3 is 0 Å². The number of carbonyl (C=O) groups is 1. The van der Waals surface area contributed by atoms with Gasteiger partial charge in [0, 0.05) is 23.6 Å². The number of aliphatic hydroxyl groups is 1. The maximum absolute atomic E-state index is 11.5. The summed E-state index contributed by atoms with van der Waals surface area (Å²) in [5, 5.41) is 14.1. The van der Waals surface area contributed by atoms with Crippen molar-refractivity contribution in [2.75, 3.05) is 26.2 Å². The number of ether oxygens (including phenoxy) is 1. The number of hydrogen-bond acceptors (Lipinski definition) is 5. The fourth-order valence-corrected chi connectivity index (χ4v) is 3.91. The van der Waals surface area contributed by atoms with Gasteiger partial charge in [-0.15, -0.1) is 0 Å². The van der Waals surface area contributed by atoms with Crippen molar-refractivity contribution < 1.29 is 14.6 Å². The summed E-state index contributed by atoms with van der Waals surface area (Å²) in [6.45, 7) is 3.35. The van der Waals surface area contributed by atoms with Crippen LogP contribution in [0.1, 0.15) is 28.8 Å². The van der Waals surface area contributed by atoms with Crippen LogP contribution in [0.25, 0.3) is 0 Å². The Kier molecular flexibility index (Phi) is 8.06. The Morgan fingerprint density at radius 2 is 1.90 bits per heavy atom. The average Bonchev–Trinajstić information content (AvgIpc) is 2.74. The van der Waals surface area contributed by atoms with Crippen LogP contribution in [-0.2, 0) is 6.54 Å². The molecule has 0 aromatic heterocycles. The number of nitrogens with two attached hydrogens (primary N) is 1. The van der Waals surface area contributed by atoms with Gasteiger partial charge in [0.15, 0.2) is 0 Å². The molecule has 1 fully saturated rings. The van der Waals surface area contributed by atoms with Crippen molar-refractivity contribution in [2.45, 2.75) is 31.5 Å². The molecule has 29 heavy (non-hydrogen) atoms. The highest BCUT2D eigenvalue weighted by Gasteiger charge is 2.24. The molecular weight excluding hydrogens is 434 g/mol. The first-order valence-electron chi connectivity index (χ1n) is 9.92. The summed E-state index contributed by atoms with van der Waals surface area (Å²) >= 11 is 3.48. The fourth-order valence-electron chi connectivity index (χ4n) is 3.64. The highest BCUT2D eigenvalue weighted by Crippen LogP contribution is 2.20. The van der Waals surface area contributed by atoms with Gasteiger partial charge in [-0.3, -0.25) is 9.69 Å². The second kappa shape index (κ2) is 10.7. The number of para-hydroxylation sites is 1. The van der Waals surface area contributed by atoms with E-state index in [1.165, 1.54) is 5.56 Å². The third-order valence-electron chi connectivity index (χ3n) is 5.15. The molecule has 7 heteroatoms. The monoisotopic (exact) mass is 461 g/mol. The number of piperidine rings is 1. The zero-order valence-corrected chi connectivity index (χ0v) is 18.0. The molecule has 0 aliphatic carbocycles. The highest BCUT2D eigenvalue weighted by atomic mass is 79.9. The molecule has 1 aliphatic rings. The van der Waals surface area contributed by atoms with E-state index in [0.717, 1.165) is 36.9 Å². The predicted molar refractivity (Wildman–Crippen MR) is 117 cm³/mol. The van der Waals surface area contributed by atoms with E-state index in [1.54, 1.807) is 24.3 Å². The van der Waals surface area contributed by atoms with E-state index in [0.29, 0.717) is 23.9 Å². The molecule has 2 aromatic carbocycles. The smallest absolute Gasteiger partial charge is 0.252 e. The minimum atomic E-state index is -0.679. The number of primary amides is 1. The summed E-state index contributed by atoms with van der Waals surface area (Å²) in [5.74, 6) is -0.137. The number of aliphatic hydroxyl groups excluding tert-OH is 1. The van der Waals surface area contributed by atoms with Crippen LogP contribution in [0.4, 0.5) is 0 Å². The minimum Gasteiger partial charge on any atom is -0.490 e. The van der Waals surface area contributed by atoms with Crippen LogP contribution in [-0.4, -0.2) is 54.3 Å². The third-order valence-corrected chi connectivity index (χ3v) is 5.68. The maximum atomic E-state index is 11.5. The Hall–Kier alpha value is -1.93. The van der Waals surface area contributed by atoms with Crippen molar-refractivity contribution in [3.05, 3.63) is 64.1 Å². The molecule has 0 radical (unpaired) electrons. The Morgan fingerprint density at radius 3 is 2.59 bits per heavy atom. The molecule has 1 unspecified atom stereocenters. The lowest BCUT2D eigenvalue weighted by Crippen LogP contribution is -2.46. The Morgan fingerprint density at radius 1 is 1.21 bits per heavy atom. The predicted octanol–water partition coefficient (Wildman–Crippen LogP) is 2.54. The lowest BCUT2D eigenvalue weighted by Gasteiger charge is -2.36. The lowest BCUT2D eigenvalue weighted by molar-refractivity contribution is 0.0411. The second-order valence-electron chi connectivity index (χ2n) is 7.36. The van der Waals surface area contributed by atoms with E-state index in [2.05, 4.69) is 38.3 Å². The van der Waals surface area contributed by atoms with Gasteiger partial charge < -0.3 is 20.9 Å². The summed E-state index contributed by atoms with van der Waals surface area (Å²) in [7, 11) is 0. The first-order chi connectivity index (χ1) is 14.0. The summed E-state index contributed by atoms with van der Waals surface area (Å²) in [6, 6.07) is 15.5. The van der Waals surface area contributed by atoms with Crippen LogP contribution in [0.3, 0.4) is 0 Å². The second-order valence-corrected chi connectivity index (χ2v) is 8.28. The van der Waals surface area contributed by atoms with Crippen molar-refractivity contribution in [3.8, 4) is 5.75 Å². The Bertz CT molecular complexity index is 794. The summed E-state index contributed by atoms with van der Waals surface area (Å²) < 4.78 is 6.77. The summed E-state index contributed by atoms with van der Waals surface area (Å²) in [4.78, 5) is 13.9. The third kappa shape index (κ3) is 6.54. The van der Waals surface area contributed by atoms with Gasteiger partial charge in [-0.1, -0.05) is 40.2 Å². The van der Waals surface area contributed by atoms with Crippen molar-refractivity contribution in [1.29, 1.82) is 0 Å². The van der Waals surface area contributed by atoms with Crippen molar-refractivity contribution in [2.24, 2.45) is 5.73 Å². The minimum absolute atomic E-state index is 0.103. The van der Waals surface area contributed by atoms with Crippen LogP contribution in [0.15, 0.2) is 53.0 Å². The standard InChI is InChI=1S/C22H28BrN3O3/c23-17-7-5-16(6-8-17)13-26(18-9-11-25-12-10-18)14-19(27)15-29-21-4-2-1-3-20(21)22(24)28/h1-8,18-19,25,27H,9-15H2,(H2,24,28). The maximum Gasteiger partial charge on any atom is 0.252 e. The van der Waals surface area contributed by atoms with E-state index in [4.69, 9.17) is 10.5 Å². The van der Waals surface area contributed by atoms with E-state index in [1.807, 2.05) is 12.1 Å². The molecule has 0 spiro atoms. The molecular formula is C22H28BrN3O3. The fraction of sp³-hybridized carbons (Fsp3) is 0.409. The van der Waals surface area contributed by atoms with Gasteiger partial charge in [0.25, 0.3) is 5.91 Å². The molecule has 4 N–H and O–H groups in total. The number of benzene rings is 2. The van der Waals surface area contributed by atoms with Gasteiger partial charge in [0.1, 0.15) is 18.5 Å². The molecule has 3 rings (SSSR count). The topological polar surface area (TPSA) is 87.8 Å². The van der Waals surface area contributed by atoms with Gasteiger partial charge in [0.2, 0.25) is 0 Å². The van der Waals surface area contributed by atoms with Gasteiger partial charge in [-0.25, -0.2) is 0 Å². The van der Waals surface area contributed by atoms with Gasteiger partial charge in [-0.05, 0) is 55.8 Å². The van der Waals surface area contributed by atoms with Crippen LogP contribution < -0.4 is 15.8 Å². The van der Waals surface area contributed by atoms with E-state index < -0.39 is 12.0 Å². The molecule has 6 nitrogen and oxygen atoms in total. The molecule has 2 aromatic rings. The lowest BCUT2D eigenvalue weighted by atomic mass is 10.0. The van der Waals surface area contributed by atoms with Crippen molar-refractivity contribution in [1.82, 2.24) is 10.2 Å². The summed E-state index contributed by atoms with van der Waals surface area (Å²) in [5.41, 5.74) is 6.93. The first kappa shape index (κ1) is 21.8. The van der Waals surface area contributed by atoms with E-state index in [9.17, 15) is 9.90 Å². The molecule has 0 saturated carbocycles. The SMILES string of the molecule is NC(=O)c1ccccc1OCC(O)CN(Cc1ccc(Br)cc1)C1CCNCC1. The molecule has 1 aliphatic heterocycles. The highest BCUT2D eigenvalue weighted by molar-refractivity contribution is 9.10. The molecule has 0 bridgehead atoms. The number of carbonyl (C=O) groups excluding carboxylic acids is 1. The average molecular weight is 462 g/mol. The van der Waals surface area contributed by atoms with Crippen LogP contribution in [0.5, 0.6) is 5.75 Å². The summed E-state index contributed by atoms with van der Waals surface area (Å²) in [6.07, 6.45) is 1.42. The quantitative estimate of drug-likeness (QED) is 0.533. The normalized spacial score (nSPS) is 16.0. The van der Waals surface area contributed by atoms with Crippen LogP contribution in [0.2, 0.25) is 0 Å². The van der Waals surface area contributed by atoms with Crippen LogP contribution >= 0.6 is 15.9 Å². The van der Waals surface area contributed by atoms with Crippen LogP contribution in [0, 0.1) is 0 Å². The zero-order valence-electron chi connectivity index (χ0n) is 16.4. The molecule has 156 valence electrons. The van der Waals surface area contributed by atoms with Gasteiger partial charge in [0.05, 0.1) is 5.56 Å². The van der Waals surface area contributed by atoms with E-state index >= 15 is 0 Å². The molecule has 1 amide bonds. The van der Waals surface area contributed by atoms with Gasteiger partial charge in [-0.2, -0.15) is 0 Å². The van der Waals surface area contributed by atoms with Crippen molar-refractivity contribution in [3.63, 3.8) is 0 Å². The zero-order chi connectivity index (χ0) is 20.6. The molecule has 1 saturated heterocycles. The molecule has 1 atom stereocenters. The van der Waals surface area contributed by atoms with Crippen molar-refractivity contribution >= 4 is 21.8 Å². The van der Waals surface area contributed by atoms with E-state index in [-0.39, 0.29) is 6.61 Å². The number of amides is 1. The number of hydrogen-bond donors (Lipinski definition) is 3.